The number of carbonyl (C=O) groups excluding carboxylic acids is 1. The van der Waals surface area contributed by atoms with Crippen molar-refractivity contribution in [2.75, 3.05) is 6.54 Å². The van der Waals surface area contributed by atoms with Crippen molar-refractivity contribution in [3.8, 4) is 0 Å². The lowest BCUT2D eigenvalue weighted by molar-refractivity contribution is 0.0932. The molecular weight excluding hydrogens is 287 g/mol. The molecule has 0 atom stereocenters. The van der Waals surface area contributed by atoms with E-state index in [1.165, 1.54) is 18.8 Å². The molecule has 19 heavy (non-hydrogen) atoms. The number of hydrogen-bond donors (Lipinski definition) is 2. The zero-order valence-corrected chi connectivity index (χ0v) is 12.3. The van der Waals surface area contributed by atoms with Crippen molar-refractivity contribution < 1.29 is 4.79 Å². The van der Waals surface area contributed by atoms with Crippen molar-refractivity contribution in [2.45, 2.75) is 37.6 Å². The third-order valence-electron chi connectivity index (χ3n) is 3.25. The molecule has 0 radical (unpaired) electrons. The summed E-state index contributed by atoms with van der Waals surface area (Å²) in [6.07, 6.45) is 10.0. The van der Waals surface area contributed by atoms with E-state index in [4.69, 9.17) is 5.73 Å². The van der Waals surface area contributed by atoms with Gasteiger partial charge in [-0.2, -0.15) is 0 Å². The van der Waals surface area contributed by atoms with Crippen LogP contribution in [0.25, 0.3) is 0 Å². The lowest BCUT2D eigenvalue weighted by atomic mass is 9.82. The lowest BCUT2D eigenvalue weighted by Gasteiger charge is -2.33. The Morgan fingerprint density at radius 2 is 1.95 bits per heavy atom. The zero-order chi connectivity index (χ0) is 12.1. The summed E-state index contributed by atoms with van der Waals surface area (Å²) in [5.74, 6) is -0.200. The van der Waals surface area contributed by atoms with Gasteiger partial charge in [0.15, 0.2) is 0 Å². The van der Waals surface area contributed by atoms with E-state index in [-0.39, 0.29) is 36.3 Å². The molecule has 1 aliphatic rings. The van der Waals surface area contributed by atoms with Crippen LogP contribution in [0.3, 0.4) is 0 Å². The number of nitrogens with zero attached hydrogens (tertiary/aromatic N) is 2. The molecule has 1 saturated carbocycles. The van der Waals surface area contributed by atoms with Crippen LogP contribution in [0.1, 0.15) is 42.6 Å². The molecule has 1 aromatic rings. The second-order valence-electron chi connectivity index (χ2n) is 4.70. The smallest absolute Gasteiger partial charge is 0.271 e. The summed E-state index contributed by atoms with van der Waals surface area (Å²) in [7, 11) is 0. The molecule has 0 unspecified atom stereocenters. The Morgan fingerprint density at radius 1 is 1.26 bits per heavy atom. The predicted molar refractivity (Wildman–Crippen MR) is 78.9 cm³/mol. The molecule has 5 nitrogen and oxygen atoms in total. The van der Waals surface area contributed by atoms with Crippen LogP contribution in [0.15, 0.2) is 18.6 Å². The first-order valence-corrected chi connectivity index (χ1v) is 6.03. The summed E-state index contributed by atoms with van der Waals surface area (Å²) in [6, 6.07) is 0. The molecule has 3 N–H and O–H groups in total. The Kier molecular flexibility index (Phi) is 7.90. The standard InChI is InChI=1S/C12H18N4O.2ClH/c13-12(4-2-1-3-5-12)9-16-11(17)10-8-14-6-7-15-10;;/h6-8H,1-5,9,13H2,(H,16,17);2*1H. The monoisotopic (exact) mass is 306 g/mol. The fraction of sp³-hybridized carbons (Fsp3) is 0.583. The van der Waals surface area contributed by atoms with Crippen molar-refractivity contribution in [3.63, 3.8) is 0 Å². The van der Waals surface area contributed by atoms with E-state index < -0.39 is 0 Å². The number of aromatic nitrogens is 2. The van der Waals surface area contributed by atoms with Gasteiger partial charge in [0.05, 0.1) is 6.20 Å². The van der Waals surface area contributed by atoms with E-state index in [1.807, 2.05) is 0 Å². The molecule has 0 spiro atoms. The van der Waals surface area contributed by atoms with E-state index in [0.29, 0.717) is 12.2 Å². The number of nitrogens with two attached hydrogens (primary N) is 1. The minimum atomic E-state index is -0.240. The van der Waals surface area contributed by atoms with Crippen LogP contribution in [-0.2, 0) is 0 Å². The van der Waals surface area contributed by atoms with Crippen LogP contribution in [0, 0.1) is 0 Å². The Balaban J connectivity index is 0.00000162. The first-order valence-electron chi connectivity index (χ1n) is 6.03. The summed E-state index contributed by atoms with van der Waals surface area (Å²) in [5, 5.41) is 2.84. The van der Waals surface area contributed by atoms with Crippen LogP contribution in [-0.4, -0.2) is 28.0 Å². The van der Waals surface area contributed by atoms with Gasteiger partial charge in [-0.1, -0.05) is 19.3 Å². The Bertz CT molecular complexity index is 383. The van der Waals surface area contributed by atoms with Gasteiger partial charge in [0.25, 0.3) is 5.91 Å². The summed E-state index contributed by atoms with van der Waals surface area (Å²) in [6.45, 7) is 0.516. The van der Waals surface area contributed by atoms with Gasteiger partial charge in [-0.25, -0.2) is 4.98 Å². The number of hydrogen-bond acceptors (Lipinski definition) is 4. The fourth-order valence-corrected chi connectivity index (χ4v) is 2.20. The van der Waals surface area contributed by atoms with Crippen LogP contribution >= 0.6 is 24.8 Å². The first-order chi connectivity index (χ1) is 8.20. The van der Waals surface area contributed by atoms with E-state index in [2.05, 4.69) is 15.3 Å². The number of nitrogens with one attached hydrogen (secondary N) is 1. The molecule has 1 amide bonds. The van der Waals surface area contributed by atoms with Gasteiger partial charge in [0, 0.05) is 24.5 Å². The fourth-order valence-electron chi connectivity index (χ4n) is 2.20. The summed E-state index contributed by atoms with van der Waals surface area (Å²) in [4.78, 5) is 19.6. The molecule has 1 heterocycles. The average Bonchev–Trinajstić information content (AvgIpc) is 2.38. The van der Waals surface area contributed by atoms with Crippen LogP contribution in [0.2, 0.25) is 0 Å². The third kappa shape index (κ3) is 5.30. The van der Waals surface area contributed by atoms with Crippen LogP contribution in [0.4, 0.5) is 0 Å². The third-order valence-corrected chi connectivity index (χ3v) is 3.25. The predicted octanol–water partition coefficient (Wildman–Crippen LogP) is 1.71. The number of amides is 1. The van der Waals surface area contributed by atoms with Gasteiger partial charge < -0.3 is 11.1 Å². The maximum Gasteiger partial charge on any atom is 0.271 e. The van der Waals surface area contributed by atoms with Crippen molar-refractivity contribution in [1.29, 1.82) is 0 Å². The van der Waals surface area contributed by atoms with E-state index in [9.17, 15) is 4.79 Å². The number of carbonyl (C=O) groups is 1. The highest BCUT2D eigenvalue weighted by Crippen LogP contribution is 2.25. The quantitative estimate of drug-likeness (QED) is 0.891. The average molecular weight is 307 g/mol. The van der Waals surface area contributed by atoms with E-state index in [0.717, 1.165) is 25.7 Å². The summed E-state index contributed by atoms with van der Waals surface area (Å²) >= 11 is 0. The molecule has 0 saturated heterocycles. The Hall–Kier alpha value is -0.910. The van der Waals surface area contributed by atoms with Gasteiger partial charge in [-0.3, -0.25) is 9.78 Å². The molecule has 0 aromatic carbocycles. The largest absolute Gasteiger partial charge is 0.349 e. The molecule has 1 aromatic heterocycles. The van der Waals surface area contributed by atoms with Gasteiger partial charge >= 0.3 is 0 Å². The topological polar surface area (TPSA) is 80.9 Å². The molecule has 1 fully saturated rings. The Morgan fingerprint density at radius 3 is 2.53 bits per heavy atom. The number of rotatable bonds is 3. The van der Waals surface area contributed by atoms with Crippen molar-refractivity contribution >= 4 is 30.7 Å². The van der Waals surface area contributed by atoms with Crippen molar-refractivity contribution in [1.82, 2.24) is 15.3 Å². The normalized spacial score (nSPS) is 16.7. The molecule has 7 heteroatoms. The van der Waals surface area contributed by atoms with Crippen LogP contribution < -0.4 is 11.1 Å². The van der Waals surface area contributed by atoms with Gasteiger partial charge in [-0.15, -0.1) is 24.8 Å². The molecule has 108 valence electrons. The highest BCUT2D eigenvalue weighted by atomic mass is 35.5. The molecule has 0 bridgehead atoms. The van der Waals surface area contributed by atoms with E-state index >= 15 is 0 Å². The lowest BCUT2D eigenvalue weighted by Crippen LogP contribution is -2.51. The maximum absolute atomic E-state index is 11.8. The maximum atomic E-state index is 11.8. The van der Waals surface area contributed by atoms with Gasteiger partial charge in [0.2, 0.25) is 0 Å². The summed E-state index contributed by atoms with van der Waals surface area (Å²) < 4.78 is 0. The SMILES string of the molecule is Cl.Cl.NC1(CNC(=O)c2cnccn2)CCCCC1. The Labute approximate surface area is 125 Å². The molecular formula is C12H20Cl2N4O. The minimum Gasteiger partial charge on any atom is -0.349 e. The van der Waals surface area contributed by atoms with Crippen molar-refractivity contribution in [2.24, 2.45) is 5.73 Å². The molecule has 1 aliphatic carbocycles. The first kappa shape index (κ1) is 18.1. The zero-order valence-electron chi connectivity index (χ0n) is 10.7. The van der Waals surface area contributed by atoms with Crippen LogP contribution in [0.5, 0.6) is 0 Å². The van der Waals surface area contributed by atoms with E-state index in [1.54, 1.807) is 6.20 Å². The highest BCUT2D eigenvalue weighted by molar-refractivity contribution is 5.91. The molecule has 0 aliphatic heterocycles. The number of halogens is 2. The highest BCUT2D eigenvalue weighted by Gasteiger charge is 2.27. The summed E-state index contributed by atoms with van der Waals surface area (Å²) in [5.41, 5.74) is 6.33. The second-order valence-corrected chi connectivity index (χ2v) is 4.70. The van der Waals surface area contributed by atoms with Gasteiger partial charge in [0.1, 0.15) is 5.69 Å². The minimum absolute atomic E-state index is 0. The molecule has 2 rings (SSSR count). The van der Waals surface area contributed by atoms with Gasteiger partial charge in [-0.05, 0) is 12.8 Å². The second kappa shape index (κ2) is 8.30. The van der Waals surface area contributed by atoms with Crippen molar-refractivity contribution in [3.05, 3.63) is 24.3 Å².